The number of thiophene rings is 1. The molecule has 1 heterocycles. The Morgan fingerprint density at radius 2 is 1.27 bits per heavy atom. The summed E-state index contributed by atoms with van der Waals surface area (Å²) in [5, 5.41) is 26.1. The van der Waals surface area contributed by atoms with Gasteiger partial charge < -0.3 is 5.73 Å². The third kappa shape index (κ3) is 5.46. The van der Waals surface area contributed by atoms with Gasteiger partial charge in [-0.15, -0.1) is 11.3 Å². The van der Waals surface area contributed by atoms with Crippen LogP contribution in [-0.4, -0.2) is 0 Å². The highest BCUT2D eigenvalue weighted by molar-refractivity contribution is 7.26. The predicted octanol–water partition coefficient (Wildman–Crippen LogP) is 11.6. The molecule has 0 bridgehead atoms. The van der Waals surface area contributed by atoms with E-state index in [-0.39, 0.29) is 0 Å². The van der Waals surface area contributed by atoms with Gasteiger partial charge in [0.15, 0.2) is 0 Å². The molecule has 0 saturated heterocycles. The Morgan fingerprint density at radius 3 is 1.83 bits per heavy atom. The van der Waals surface area contributed by atoms with E-state index in [1.807, 2.05) is 36.5 Å². The number of rotatable bonds is 7. The van der Waals surface area contributed by atoms with Gasteiger partial charge in [0.1, 0.15) is 0 Å². The van der Waals surface area contributed by atoms with E-state index in [0.29, 0.717) is 23.3 Å². The van der Waals surface area contributed by atoms with Gasteiger partial charge in [0.2, 0.25) is 0 Å². The van der Waals surface area contributed by atoms with Crippen LogP contribution >= 0.6 is 11.3 Å². The zero-order valence-electron chi connectivity index (χ0n) is 26.5. The standard InChI is InChI=1S/C44H31N3S/c1-3-28(26-45)19-20-30-11-9-12-31(21-30)38-24-41-43(36-17-7-5-15-34(36)38)44-37-18-8-6-16-35(37)39(25-42(44)48-41)32-13-10-14-33(23-32)40(47)22-29(4-2)27-46/h3-19,21-25H,1,20,47H2,2H3/b28-19+,29-4+,40-22-. The summed E-state index contributed by atoms with van der Waals surface area (Å²) < 4.78 is 2.46. The molecular formula is C44H31N3S. The molecule has 2 N–H and O–H groups in total. The summed E-state index contributed by atoms with van der Waals surface area (Å²) in [5.74, 6) is 0. The van der Waals surface area contributed by atoms with Crippen molar-refractivity contribution in [3.8, 4) is 34.4 Å². The maximum absolute atomic E-state index is 9.42. The number of allylic oxidation sites excluding steroid dienone is 6. The number of hydrogen-bond acceptors (Lipinski definition) is 4. The molecule has 0 aliphatic carbocycles. The Labute approximate surface area is 284 Å². The molecule has 228 valence electrons. The van der Waals surface area contributed by atoms with Crippen LogP contribution in [0.5, 0.6) is 0 Å². The monoisotopic (exact) mass is 633 g/mol. The summed E-state index contributed by atoms with van der Waals surface area (Å²) in [6.45, 7) is 5.59. The molecule has 0 spiro atoms. The summed E-state index contributed by atoms with van der Waals surface area (Å²) in [5.41, 5.74) is 14.7. The summed E-state index contributed by atoms with van der Waals surface area (Å²) in [6.07, 6.45) is 7.68. The normalized spacial score (nSPS) is 12.4. The second kappa shape index (κ2) is 12.9. The van der Waals surface area contributed by atoms with Crippen LogP contribution in [0.25, 0.3) is 69.7 Å². The number of nitriles is 2. The van der Waals surface area contributed by atoms with E-state index in [0.717, 1.165) is 27.8 Å². The summed E-state index contributed by atoms with van der Waals surface area (Å²) in [6, 6.07) is 43.3. The predicted molar refractivity (Wildman–Crippen MR) is 204 cm³/mol. The average molecular weight is 634 g/mol. The molecule has 0 aliphatic heterocycles. The molecule has 7 rings (SSSR count). The molecule has 6 aromatic carbocycles. The van der Waals surface area contributed by atoms with E-state index in [4.69, 9.17) is 5.73 Å². The Morgan fingerprint density at radius 1 is 0.708 bits per heavy atom. The fourth-order valence-electron chi connectivity index (χ4n) is 6.54. The first-order chi connectivity index (χ1) is 23.5. The van der Waals surface area contributed by atoms with Gasteiger partial charge in [0, 0.05) is 37.0 Å². The minimum atomic E-state index is 0.533. The lowest BCUT2D eigenvalue weighted by Gasteiger charge is -2.12. The molecule has 0 fully saturated rings. The molecule has 1 aromatic heterocycles. The fraction of sp³-hybridized carbons (Fsp3) is 0.0455. The van der Waals surface area contributed by atoms with E-state index >= 15 is 0 Å². The van der Waals surface area contributed by atoms with Crippen molar-refractivity contribution in [2.24, 2.45) is 5.73 Å². The second-order valence-electron chi connectivity index (χ2n) is 11.7. The van der Waals surface area contributed by atoms with Crippen molar-refractivity contribution in [1.29, 1.82) is 10.5 Å². The van der Waals surface area contributed by atoms with Gasteiger partial charge in [-0.1, -0.05) is 116 Å². The van der Waals surface area contributed by atoms with Crippen molar-refractivity contribution in [2.75, 3.05) is 0 Å². The highest BCUT2D eigenvalue weighted by Gasteiger charge is 2.18. The summed E-state index contributed by atoms with van der Waals surface area (Å²) >= 11 is 1.82. The van der Waals surface area contributed by atoms with Gasteiger partial charge in [-0.2, -0.15) is 10.5 Å². The average Bonchev–Trinajstić information content (AvgIpc) is 3.52. The van der Waals surface area contributed by atoms with Gasteiger partial charge in [0.25, 0.3) is 0 Å². The highest BCUT2D eigenvalue weighted by atomic mass is 32.1. The Kier molecular flexibility index (Phi) is 8.18. The van der Waals surface area contributed by atoms with Crippen molar-refractivity contribution in [1.82, 2.24) is 0 Å². The quantitative estimate of drug-likeness (QED) is 0.140. The Bertz CT molecular complexity index is 2600. The smallest absolute Gasteiger partial charge is 0.0988 e. The number of fused-ring (bicyclic) bond motifs is 7. The molecule has 3 nitrogen and oxygen atoms in total. The topological polar surface area (TPSA) is 73.6 Å². The molecular weight excluding hydrogens is 603 g/mol. The van der Waals surface area contributed by atoms with Crippen LogP contribution in [0.15, 0.2) is 151 Å². The van der Waals surface area contributed by atoms with Crippen LogP contribution in [0.2, 0.25) is 0 Å². The lowest BCUT2D eigenvalue weighted by molar-refractivity contribution is 1.26. The van der Waals surface area contributed by atoms with Crippen molar-refractivity contribution in [3.05, 3.63) is 162 Å². The van der Waals surface area contributed by atoms with Gasteiger partial charge in [0.05, 0.1) is 12.1 Å². The third-order valence-corrected chi connectivity index (χ3v) is 9.97. The van der Waals surface area contributed by atoms with Crippen LogP contribution in [0.3, 0.4) is 0 Å². The molecule has 7 aromatic rings. The first kappa shape index (κ1) is 30.5. The number of nitrogens with zero attached hydrogens (tertiary/aromatic N) is 2. The van der Waals surface area contributed by atoms with Gasteiger partial charge in [-0.3, -0.25) is 0 Å². The first-order valence-corrected chi connectivity index (χ1v) is 16.6. The highest BCUT2D eigenvalue weighted by Crippen LogP contribution is 2.47. The van der Waals surface area contributed by atoms with Crippen LogP contribution < -0.4 is 5.73 Å². The Hall–Kier alpha value is -6.20. The number of nitrogens with two attached hydrogens (primary N) is 1. The van der Waals surface area contributed by atoms with E-state index in [2.05, 4.69) is 116 Å². The van der Waals surface area contributed by atoms with E-state index < -0.39 is 0 Å². The molecule has 0 radical (unpaired) electrons. The second-order valence-corrected chi connectivity index (χ2v) is 12.8. The zero-order chi connectivity index (χ0) is 33.2. The van der Waals surface area contributed by atoms with Crippen LogP contribution in [0.4, 0.5) is 0 Å². The third-order valence-electron chi connectivity index (χ3n) is 8.89. The first-order valence-electron chi connectivity index (χ1n) is 15.8. The summed E-state index contributed by atoms with van der Waals surface area (Å²) in [7, 11) is 0. The van der Waals surface area contributed by atoms with Crippen molar-refractivity contribution in [3.63, 3.8) is 0 Å². The maximum atomic E-state index is 9.42. The van der Waals surface area contributed by atoms with Crippen molar-refractivity contribution < 1.29 is 0 Å². The van der Waals surface area contributed by atoms with E-state index in [9.17, 15) is 10.5 Å². The minimum absolute atomic E-state index is 0.533. The lowest BCUT2D eigenvalue weighted by atomic mass is 9.91. The molecule has 0 atom stereocenters. The van der Waals surface area contributed by atoms with Crippen LogP contribution in [0, 0.1) is 22.7 Å². The van der Waals surface area contributed by atoms with Gasteiger partial charge in [-0.25, -0.2) is 0 Å². The summed E-state index contributed by atoms with van der Waals surface area (Å²) in [4.78, 5) is 0. The van der Waals surface area contributed by atoms with E-state index in [1.54, 1.807) is 18.2 Å². The largest absolute Gasteiger partial charge is 0.398 e. The molecule has 0 aliphatic rings. The van der Waals surface area contributed by atoms with Crippen LogP contribution in [0.1, 0.15) is 18.1 Å². The van der Waals surface area contributed by atoms with Gasteiger partial charge >= 0.3 is 0 Å². The molecule has 48 heavy (non-hydrogen) atoms. The number of hydrogen-bond donors (Lipinski definition) is 1. The van der Waals surface area contributed by atoms with E-state index in [1.165, 1.54) is 47.3 Å². The number of benzene rings is 6. The van der Waals surface area contributed by atoms with Crippen molar-refractivity contribution in [2.45, 2.75) is 13.3 Å². The SMILES string of the molecule is C=C/C(C#N)=C\Cc1cccc(-c2cc3sc4cc(-c5cccc(/C(N)=C/C(C#N)=C\C)c5)c5ccccc5c4c3c3ccccc23)c1. The lowest BCUT2D eigenvalue weighted by Crippen LogP contribution is -1.97. The molecule has 4 heteroatoms. The molecule has 0 saturated carbocycles. The maximum Gasteiger partial charge on any atom is 0.0988 e. The molecule has 0 unspecified atom stereocenters. The zero-order valence-corrected chi connectivity index (χ0v) is 27.3. The van der Waals surface area contributed by atoms with Crippen LogP contribution in [-0.2, 0) is 6.42 Å². The Balaban J connectivity index is 1.44. The van der Waals surface area contributed by atoms with Gasteiger partial charge in [-0.05, 0) is 92.5 Å². The molecule has 0 amide bonds. The fourth-order valence-corrected chi connectivity index (χ4v) is 7.76. The van der Waals surface area contributed by atoms with Crippen molar-refractivity contribution >= 4 is 58.8 Å². The minimum Gasteiger partial charge on any atom is -0.398 e.